The Morgan fingerprint density at radius 2 is 0.841 bits per heavy atom. The van der Waals surface area contributed by atoms with Crippen molar-refractivity contribution < 1.29 is 64.6 Å². The second-order valence-electron chi connectivity index (χ2n) is 23.2. The van der Waals surface area contributed by atoms with E-state index in [2.05, 4.69) is 92.1 Å². The summed E-state index contributed by atoms with van der Waals surface area (Å²) < 4.78 is 22.8. The van der Waals surface area contributed by atoms with Gasteiger partial charge in [-0.1, -0.05) is 260 Å². The molecule has 2 heterocycles. The molecule has 9 N–H and O–H groups in total. The summed E-state index contributed by atoms with van der Waals surface area (Å²) in [5.74, 6) is -0.207. The van der Waals surface area contributed by atoms with Crippen molar-refractivity contribution in [2.75, 3.05) is 19.8 Å². The van der Waals surface area contributed by atoms with Crippen molar-refractivity contribution in [1.82, 2.24) is 5.32 Å². The Morgan fingerprint density at radius 3 is 1.29 bits per heavy atom. The lowest BCUT2D eigenvalue weighted by molar-refractivity contribution is -0.359. The summed E-state index contributed by atoms with van der Waals surface area (Å²) in [5, 5.41) is 87.2. The molecule has 0 aromatic heterocycles. The topological polar surface area (TPSA) is 228 Å². The largest absolute Gasteiger partial charge is 0.394 e. The van der Waals surface area contributed by atoms with Crippen molar-refractivity contribution in [3.8, 4) is 0 Å². The second kappa shape index (κ2) is 52.7. The first-order valence-corrected chi connectivity index (χ1v) is 33.2. The van der Waals surface area contributed by atoms with Gasteiger partial charge in [-0.3, -0.25) is 4.79 Å². The molecule has 0 bridgehead atoms. The first kappa shape index (κ1) is 75.5. The van der Waals surface area contributed by atoms with E-state index in [4.69, 9.17) is 18.9 Å². The molecule has 0 radical (unpaired) electrons. The normalized spacial score (nSPS) is 24.4. The molecule has 0 aromatic rings. The number of aliphatic hydroxyl groups is 8. The molecule has 476 valence electrons. The molecule has 2 fully saturated rings. The van der Waals surface area contributed by atoms with Crippen LogP contribution in [-0.2, 0) is 23.7 Å². The predicted molar refractivity (Wildman–Crippen MR) is 332 cm³/mol. The third-order valence-electron chi connectivity index (χ3n) is 15.9. The summed E-state index contributed by atoms with van der Waals surface area (Å²) in [6.45, 7) is 2.74. The van der Waals surface area contributed by atoms with E-state index in [-0.39, 0.29) is 12.5 Å². The number of nitrogens with one attached hydrogen (secondary N) is 1. The van der Waals surface area contributed by atoms with Gasteiger partial charge in [0.2, 0.25) is 5.91 Å². The number of carbonyl (C=O) groups is 1. The van der Waals surface area contributed by atoms with Crippen molar-refractivity contribution >= 4 is 5.91 Å². The number of unbranched alkanes of at least 4 members (excludes halogenated alkanes) is 28. The number of aliphatic hydroxyl groups excluding tert-OH is 8. The minimum atomic E-state index is -1.78. The van der Waals surface area contributed by atoms with Crippen LogP contribution in [-0.4, -0.2) is 140 Å². The Balaban J connectivity index is 1.57. The molecule has 14 heteroatoms. The van der Waals surface area contributed by atoms with Crippen LogP contribution in [0.3, 0.4) is 0 Å². The lowest BCUT2D eigenvalue weighted by atomic mass is 9.97. The zero-order valence-electron chi connectivity index (χ0n) is 51.5. The SMILES string of the molecule is CC/C=C\C/C=C\C/C=C\C/C=C\C/C=C\C/C=C\CCCCCCCCCCCCCCCCCCCCC(=O)NC(COC1OC(CO)C(OC2OC(CO)C(O)C(O)C2O)C(O)C1O)C(O)CCCCCCCCCCCCC. The molecule has 14 nitrogen and oxygen atoms in total. The standard InChI is InChI=1S/C68H121NO13/c1-3-5-7-9-11-13-15-16-17-18-19-20-21-22-23-24-25-26-27-28-29-30-31-32-33-34-35-36-37-38-39-40-42-44-46-48-50-52-60(73)69-56(57(72)51-49-47-45-43-41-14-12-10-8-6-4-2)55-79-67-65(78)63(76)66(59(54-71)81-67)82-68-64(77)62(75)61(74)58(53-70)80-68/h5,7,11,13,16-17,19-20,22-23,25-26,56-59,61-68,70-72,74-78H,3-4,6,8-10,12,14-15,18,21,24,27-55H2,1-2H3,(H,69,73)/b7-5-,13-11-,17-16-,20-19-,23-22-,26-25-. The summed E-state index contributed by atoms with van der Waals surface area (Å²) in [5.41, 5.74) is 0. The fourth-order valence-electron chi connectivity index (χ4n) is 10.7. The number of carbonyl (C=O) groups excluding carboxylic acids is 1. The zero-order chi connectivity index (χ0) is 59.5. The van der Waals surface area contributed by atoms with E-state index in [0.29, 0.717) is 12.8 Å². The van der Waals surface area contributed by atoms with Gasteiger partial charge in [0.1, 0.15) is 48.8 Å². The van der Waals surface area contributed by atoms with Gasteiger partial charge in [0.05, 0.1) is 32.0 Å². The quantitative estimate of drug-likeness (QED) is 0.0204. The second-order valence-corrected chi connectivity index (χ2v) is 23.2. The molecule has 12 atom stereocenters. The van der Waals surface area contributed by atoms with E-state index < -0.39 is 86.8 Å². The lowest BCUT2D eigenvalue weighted by Gasteiger charge is -2.46. The molecule has 1 amide bonds. The average molecular weight is 1160 g/mol. The van der Waals surface area contributed by atoms with E-state index in [1.165, 1.54) is 141 Å². The fourth-order valence-corrected chi connectivity index (χ4v) is 10.7. The fraction of sp³-hybridized carbons (Fsp3) is 0.809. The summed E-state index contributed by atoms with van der Waals surface area (Å²) in [4.78, 5) is 13.3. The molecule has 2 aliphatic heterocycles. The van der Waals surface area contributed by atoms with Gasteiger partial charge >= 0.3 is 0 Å². The maximum Gasteiger partial charge on any atom is 0.220 e. The van der Waals surface area contributed by atoms with E-state index in [1.54, 1.807) is 0 Å². The minimum absolute atomic E-state index is 0.207. The molecular weight excluding hydrogens is 1040 g/mol. The summed E-state index contributed by atoms with van der Waals surface area (Å²) in [6, 6.07) is -0.829. The van der Waals surface area contributed by atoms with E-state index in [9.17, 15) is 45.6 Å². The van der Waals surface area contributed by atoms with Gasteiger partial charge in [-0.2, -0.15) is 0 Å². The third kappa shape index (κ3) is 37.1. The monoisotopic (exact) mass is 1160 g/mol. The van der Waals surface area contributed by atoms with Crippen molar-refractivity contribution in [3.63, 3.8) is 0 Å². The maximum atomic E-state index is 13.3. The molecule has 0 spiro atoms. The molecule has 0 aliphatic carbocycles. The van der Waals surface area contributed by atoms with Crippen molar-refractivity contribution in [1.29, 1.82) is 0 Å². The predicted octanol–water partition coefficient (Wildman–Crippen LogP) is 12.7. The van der Waals surface area contributed by atoms with Crippen LogP contribution in [0.2, 0.25) is 0 Å². The number of allylic oxidation sites excluding steroid dienone is 12. The van der Waals surface area contributed by atoms with Crippen LogP contribution >= 0.6 is 0 Å². The number of ether oxygens (including phenoxy) is 4. The summed E-state index contributed by atoms with van der Waals surface area (Å²) >= 11 is 0. The van der Waals surface area contributed by atoms with Gasteiger partial charge < -0.3 is 65.1 Å². The van der Waals surface area contributed by atoms with Crippen LogP contribution in [0, 0.1) is 0 Å². The highest BCUT2D eigenvalue weighted by Crippen LogP contribution is 2.30. The molecule has 0 aromatic carbocycles. The zero-order valence-corrected chi connectivity index (χ0v) is 51.5. The number of rotatable bonds is 53. The van der Waals surface area contributed by atoms with Crippen LogP contribution < -0.4 is 5.32 Å². The smallest absolute Gasteiger partial charge is 0.220 e. The van der Waals surface area contributed by atoms with Crippen LogP contribution in [0.5, 0.6) is 0 Å². The first-order valence-electron chi connectivity index (χ1n) is 33.2. The van der Waals surface area contributed by atoms with Gasteiger partial charge in [0.15, 0.2) is 12.6 Å². The molecule has 2 rings (SSSR count). The molecule has 2 saturated heterocycles. The minimum Gasteiger partial charge on any atom is -0.394 e. The van der Waals surface area contributed by atoms with Crippen molar-refractivity contribution in [2.45, 2.75) is 331 Å². The van der Waals surface area contributed by atoms with E-state index >= 15 is 0 Å². The average Bonchev–Trinajstić information content (AvgIpc) is 3.22. The Morgan fingerprint density at radius 1 is 0.451 bits per heavy atom. The number of amides is 1. The van der Waals surface area contributed by atoms with Crippen LogP contribution in [0.4, 0.5) is 0 Å². The van der Waals surface area contributed by atoms with Crippen molar-refractivity contribution in [2.24, 2.45) is 0 Å². The molecule has 82 heavy (non-hydrogen) atoms. The third-order valence-corrected chi connectivity index (χ3v) is 15.9. The van der Waals surface area contributed by atoms with Gasteiger partial charge in [-0.05, 0) is 64.2 Å². The lowest BCUT2D eigenvalue weighted by Crippen LogP contribution is -2.65. The Labute approximate surface area is 498 Å². The summed E-state index contributed by atoms with van der Waals surface area (Å²) in [7, 11) is 0. The Hall–Kier alpha value is -2.57. The van der Waals surface area contributed by atoms with Crippen LogP contribution in [0.15, 0.2) is 72.9 Å². The Bertz CT molecular complexity index is 1650. The van der Waals surface area contributed by atoms with Gasteiger partial charge in [0.25, 0.3) is 0 Å². The summed E-state index contributed by atoms with van der Waals surface area (Å²) in [6.07, 6.45) is 53.6. The molecule has 2 aliphatic rings. The van der Waals surface area contributed by atoms with Gasteiger partial charge in [0, 0.05) is 6.42 Å². The highest BCUT2D eigenvalue weighted by atomic mass is 16.7. The van der Waals surface area contributed by atoms with E-state index in [1.807, 2.05) is 0 Å². The first-order chi connectivity index (χ1) is 40.1. The van der Waals surface area contributed by atoms with Crippen LogP contribution in [0.25, 0.3) is 0 Å². The van der Waals surface area contributed by atoms with E-state index in [0.717, 1.165) is 89.9 Å². The molecule has 12 unspecified atom stereocenters. The molecule has 0 saturated carbocycles. The maximum absolute atomic E-state index is 13.3. The highest BCUT2D eigenvalue weighted by Gasteiger charge is 2.51. The van der Waals surface area contributed by atoms with Gasteiger partial charge in [-0.25, -0.2) is 0 Å². The number of hydrogen-bond donors (Lipinski definition) is 9. The van der Waals surface area contributed by atoms with Gasteiger partial charge in [-0.15, -0.1) is 0 Å². The Kier molecular flexibility index (Phi) is 48.6. The van der Waals surface area contributed by atoms with Crippen LogP contribution in [0.1, 0.15) is 258 Å². The highest BCUT2D eigenvalue weighted by molar-refractivity contribution is 5.76. The molecular formula is C68H121NO13. The number of hydrogen-bond acceptors (Lipinski definition) is 13. The van der Waals surface area contributed by atoms with Crippen molar-refractivity contribution in [3.05, 3.63) is 72.9 Å².